The van der Waals surface area contributed by atoms with E-state index in [0.717, 1.165) is 0 Å². The number of amides is 1. The molecule has 0 radical (unpaired) electrons. The summed E-state index contributed by atoms with van der Waals surface area (Å²) in [6.07, 6.45) is 0.230. The maximum atomic E-state index is 14.0. The Bertz CT molecular complexity index is 333. The molecule has 1 atom stereocenters. The van der Waals surface area contributed by atoms with E-state index in [-0.39, 0.29) is 6.42 Å². The smallest absolute Gasteiger partial charge is 0.283 e. The predicted octanol–water partition coefficient (Wildman–Crippen LogP) is 1.89. The zero-order chi connectivity index (χ0) is 12.6. The molecule has 88 valence electrons. The molecule has 0 aliphatic rings. The molecular formula is C12H17FN2O. The summed E-state index contributed by atoms with van der Waals surface area (Å²) >= 11 is 0. The van der Waals surface area contributed by atoms with Crippen LogP contribution in [0.4, 0.5) is 4.39 Å². The fraction of sp³-hybridized carbons (Fsp3) is 0.667. The van der Waals surface area contributed by atoms with Gasteiger partial charge in [-0.15, -0.1) is 5.92 Å². The minimum atomic E-state index is -2.51. The van der Waals surface area contributed by atoms with E-state index in [4.69, 9.17) is 5.26 Å². The second-order valence-corrected chi connectivity index (χ2v) is 3.27. The van der Waals surface area contributed by atoms with Gasteiger partial charge in [0.2, 0.25) is 0 Å². The number of carbonyl (C=O) groups excluding carboxylic acids is 1. The van der Waals surface area contributed by atoms with Crippen LogP contribution in [-0.2, 0) is 4.79 Å². The lowest BCUT2D eigenvalue weighted by Gasteiger charge is -2.24. The van der Waals surface area contributed by atoms with Crippen molar-refractivity contribution in [1.82, 2.24) is 4.90 Å². The highest BCUT2D eigenvalue weighted by Gasteiger charge is 2.40. The Hall–Kier alpha value is -1.55. The van der Waals surface area contributed by atoms with Crippen LogP contribution in [0.1, 0.15) is 33.6 Å². The van der Waals surface area contributed by atoms with Crippen LogP contribution in [-0.4, -0.2) is 29.6 Å². The standard InChI is InChI=1S/C12H17FN2O/c1-4-7-8-9-12(13,10-14)11(16)15(5-2)6-3/h4-6,9H2,1-3H3. The highest BCUT2D eigenvalue weighted by atomic mass is 19.1. The number of hydrogen-bond acceptors (Lipinski definition) is 2. The van der Waals surface area contributed by atoms with Crippen molar-refractivity contribution in [3.8, 4) is 17.9 Å². The summed E-state index contributed by atoms with van der Waals surface area (Å²) in [5, 5.41) is 8.75. The van der Waals surface area contributed by atoms with Gasteiger partial charge in [-0.05, 0) is 13.8 Å². The molecule has 0 aromatic carbocycles. The van der Waals surface area contributed by atoms with E-state index in [2.05, 4.69) is 11.8 Å². The molecule has 0 aliphatic carbocycles. The Labute approximate surface area is 96.2 Å². The fourth-order valence-corrected chi connectivity index (χ4v) is 1.23. The van der Waals surface area contributed by atoms with Crippen LogP contribution in [0.5, 0.6) is 0 Å². The number of carbonyl (C=O) groups is 1. The van der Waals surface area contributed by atoms with Gasteiger partial charge < -0.3 is 4.90 Å². The van der Waals surface area contributed by atoms with Gasteiger partial charge in [0, 0.05) is 19.5 Å². The number of rotatable bonds is 4. The normalized spacial score (nSPS) is 12.9. The van der Waals surface area contributed by atoms with E-state index < -0.39 is 11.6 Å². The van der Waals surface area contributed by atoms with Crippen LogP contribution in [0.15, 0.2) is 0 Å². The van der Waals surface area contributed by atoms with Gasteiger partial charge in [0.15, 0.2) is 0 Å². The third-order valence-corrected chi connectivity index (χ3v) is 2.20. The largest absolute Gasteiger partial charge is 0.339 e. The topological polar surface area (TPSA) is 44.1 Å². The minimum Gasteiger partial charge on any atom is -0.339 e. The average Bonchev–Trinajstić information content (AvgIpc) is 2.30. The molecule has 1 unspecified atom stereocenters. The highest BCUT2D eigenvalue weighted by Crippen LogP contribution is 2.18. The van der Waals surface area contributed by atoms with Crippen LogP contribution in [0, 0.1) is 23.2 Å². The van der Waals surface area contributed by atoms with Crippen LogP contribution in [0.2, 0.25) is 0 Å². The van der Waals surface area contributed by atoms with Gasteiger partial charge in [-0.3, -0.25) is 4.79 Å². The van der Waals surface area contributed by atoms with Crippen LogP contribution in [0.3, 0.4) is 0 Å². The zero-order valence-electron chi connectivity index (χ0n) is 10.0. The van der Waals surface area contributed by atoms with Gasteiger partial charge in [0.1, 0.15) is 6.07 Å². The van der Waals surface area contributed by atoms with Gasteiger partial charge >= 0.3 is 0 Å². The lowest BCUT2D eigenvalue weighted by atomic mass is 10.0. The summed E-state index contributed by atoms with van der Waals surface area (Å²) in [5.41, 5.74) is -2.51. The van der Waals surface area contributed by atoms with Crippen molar-refractivity contribution in [3.63, 3.8) is 0 Å². The zero-order valence-corrected chi connectivity index (χ0v) is 10.0. The van der Waals surface area contributed by atoms with Gasteiger partial charge in [0.25, 0.3) is 11.6 Å². The van der Waals surface area contributed by atoms with Crippen molar-refractivity contribution >= 4 is 5.91 Å². The number of nitrogens with zero attached hydrogens (tertiary/aromatic N) is 2. The molecule has 0 aliphatic heterocycles. The van der Waals surface area contributed by atoms with E-state index in [1.165, 1.54) is 11.0 Å². The van der Waals surface area contributed by atoms with Crippen molar-refractivity contribution in [2.75, 3.05) is 13.1 Å². The summed E-state index contributed by atoms with van der Waals surface area (Å²) in [5.74, 6) is 4.39. The summed E-state index contributed by atoms with van der Waals surface area (Å²) in [6, 6.07) is 1.43. The molecule has 0 saturated heterocycles. The summed E-state index contributed by atoms with van der Waals surface area (Å²) in [6.45, 7) is 6.10. The molecular weight excluding hydrogens is 207 g/mol. The molecule has 0 bridgehead atoms. The monoisotopic (exact) mass is 224 g/mol. The van der Waals surface area contributed by atoms with Gasteiger partial charge in [-0.1, -0.05) is 12.8 Å². The van der Waals surface area contributed by atoms with E-state index in [1.807, 2.05) is 6.92 Å². The fourth-order valence-electron chi connectivity index (χ4n) is 1.23. The molecule has 4 heteroatoms. The lowest BCUT2D eigenvalue weighted by molar-refractivity contribution is -0.139. The lowest BCUT2D eigenvalue weighted by Crippen LogP contribution is -2.45. The quantitative estimate of drug-likeness (QED) is 0.684. The number of alkyl halides is 1. The molecule has 3 nitrogen and oxygen atoms in total. The molecule has 0 fully saturated rings. The highest BCUT2D eigenvalue weighted by molar-refractivity contribution is 5.88. The molecule has 0 spiro atoms. The maximum Gasteiger partial charge on any atom is 0.283 e. The third-order valence-electron chi connectivity index (χ3n) is 2.20. The first-order valence-electron chi connectivity index (χ1n) is 5.40. The Morgan fingerprint density at radius 1 is 1.31 bits per heavy atom. The average molecular weight is 224 g/mol. The van der Waals surface area contributed by atoms with E-state index in [1.54, 1.807) is 13.8 Å². The molecule has 0 rings (SSSR count). The first kappa shape index (κ1) is 14.5. The second-order valence-electron chi connectivity index (χ2n) is 3.27. The number of hydrogen-bond donors (Lipinski definition) is 0. The van der Waals surface area contributed by atoms with Crippen molar-refractivity contribution < 1.29 is 9.18 Å². The van der Waals surface area contributed by atoms with Crippen LogP contribution < -0.4 is 0 Å². The first-order valence-corrected chi connectivity index (χ1v) is 5.40. The summed E-state index contributed by atoms with van der Waals surface area (Å²) < 4.78 is 14.0. The molecule has 0 saturated carbocycles. The van der Waals surface area contributed by atoms with Gasteiger partial charge in [-0.25, -0.2) is 4.39 Å². The Balaban J connectivity index is 4.82. The van der Waals surface area contributed by atoms with Crippen molar-refractivity contribution in [2.24, 2.45) is 0 Å². The molecule has 0 aromatic heterocycles. The molecule has 0 N–H and O–H groups in total. The molecule has 0 heterocycles. The molecule has 16 heavy (non-hydrogen) atoms. The Kier molecular flexibility index (Phi) is 6.18. The Morgan fingerprint density at radius 3 is 2.25 bits per heavy atom. The minimum absolute atomic E-state index is 0.354. The van der Waals surface area contributed by atoms with Crippen molar-refractivity contribution in [2.45, 2.75) is 39.3 Å². The van der Waals surface area contributed by atoms with Crippen LogP contribution in [0.25, 0.3) is 0 Å². The first-order chi connectivity index (χ1) is 7.55. The van der Waals surface area contributed by atoms with E-state index >= 15 is 0 Å². The van der Waals surface area contributed by atoms with Crippen LogP contribution >= 0.6 is 0 Å². The number of nitriles is 1. The third kappa shape index (κ3) is 3.55. The van der Waals surface area contributed by atoms with Gasteiger partial charge in [-0.2, -0.15) is 5.26 Å². The van der Waals surface area contributed by atoms with Crippen molar-refractivity contribution in [3.05, 3.63) is 0 Å². The second kappa shape index (κ2) is 6.85. The molecule has 0 aromatic rings. The predicted molar refractivity (Wildman–Crippen MR) is 60.1 cm³/mol. The van der Waals surface area contributed by atoms with E-state index in [0.29, 0.717) is 19.5 Å². The van der Waals surface area contributed by atoms with Gasteiger partial charge in [0.05, 0.1) is 6.42 Å². The van der Waals surface area contributed by atoms with E-state index in [9.17, 15) is 9.18 Å². The number of halogens is 1. The van der Waals surface area contributed by atoms with Crippen molar-refractivity contribution in [1.29, 1.82) is 5.26 Å². The summed E-state index contributed by atoms with van der Waals surface area (Å²) in [4.78, 5) is 13.0. The molecule has 1 amide bonds. The SMILES string of the molecule is CCC#CCC(F)(C#N)C(=O)N(CC)CC. The Morgan fingerprint density at radius 2 is 1.88 bits per heavy atom. The maximum absolute atomic E-state index is 14.0. The summed E-state index contributed by atoms with van der Waals surface area (Å²) in [7, 11) is 0.